The van der Waals surface area contributed by atoms with Crippen LogP contribution < -0.4 is 4.90 Å². The van der Waals surface area contributed by atoms with Gasteiger partial charge in [-0.1, -0.05) is 57.2 Å². The molecular weight excluding hydrogens is 362 g/mol. The number of esters is 1. The molecule has 1 amide bonds. The van der Waals surface area contributed by atoms with Gasteiger partial charge in [0.05, 0.1) is 18.3 Å². The highest BCUT2D eigenvalue weighted by molar-refractivity contribution is 6.23. The van der Waals surface area contributed by atoms with Gasteiger partial charge in [0, 0.05) is 11.4 Å². The summed E-state index contributed by atoms with van der Waals surface area (Å²) >= 11 is 0. The van der Waals surface area contributed by atoms with E-state index in [0.29, 0.717) is 22.8 Å². The van der Waals surface area contributed by atoms with Crippen LogP contribution in [0.4, 0.5) is 5.69 Å². The normalized spacial score (nSPS) is 15.6. The van der Waals surface area contributed by atoms with Gasteiger partial charge in [0.15, 0.2) is 0 Å². The van der Waals surface area contributed by atoms with Gasteiger partial charge in [-0.25, -0.2) is 4.79 Å². The summed E-state index contributed by atoms with van der Waals surface area (Å²) in [5.41, 5.74) is 5.27. The smallest absolute Gasteiger partial charge is 0.340 e. The van der Waals surface area contributed by atoms with Gasteiger partial charge in [0.25, 0.3) is 5.91 Å². The highest BCUT2D eigenvalue weighted by Crippen LogP contribution is 2.35. The summed E-state index contributed by atoms with van der Waals surface area (Å²) in [6.07, 6.45) is 2.69. The molecule has 0 bridgehead atoms. The molecule has 0 unspecified atom stereocenters. The number of hydrogen-bond donors (Lipinski definition) is 0. The molecule has 2 aromatic carbocycles. The van der Waals surface area contributed by atoms with Crippen LogP contribution in [0.1, 0.15) is 50.3 Å². The summed E-state index contributed by atoms with van der Waals surface area (Å²) in [5, 5.41) is 0. The molecule has 0 spiro atoms. The summed E-state index contributed by atoms with van der Waals surface area (Å²) in [6, 6.07) is 15.9. The molecule has 0 saturated heterocycles. The first-order chi connectivity index (χ1) is 13.9. The summed E-state index contributed by atoms with van der Waals surface area (Å²) in [7, 11) is 1.33. The Morgan fingerprint density at radius 1 is 1.07 bits per heavy atom. The van der Waals surface area contributed by atoms with E-state index in [1.165, 1.54) is 18.2 Å². The second kappa shape index (κ2) is 8.48. The molecule has 4 heteroatoms. The van der Waals surface area contributed by atoms with Crippen molar-refractivity contribution >= 4 is 23.6 Å². The Bertz CT molecular complexity index is 980. The van der Waals surface area contributed by atoms with E-state index in [2.05, 4.69) is 20.8 Å². The fourth-order valence-electron chi connectivity index (χ4n) is 3.52. The van der Waals surface area contributed by atoms with E-state index >= 15 is 0 Å². The van der Waals surface area contributed by atoms with Crippen molar-refractivity contribution in [2.45, 2.75) is 40.0 Å². The predicted molar refractivity (Wildman–Crippen MR) is 117 cm³/mol. The third-order valence-electron chi connectivity index (χ3n) is 5.31. The summed E-state index contributed by atoms with van der Waals surface area (Å²) < 4.78 is 4.98. The Labute approximate surface area is 172 Å². The van der Waals surface area contributed by atoms with Crippen molar-refractivity contribution in [3.05, 3.63) is 82.1 Å². The average Bonchev–Trinajstić information content (AvgIpc) is 2.97. The molecule has 0 N–H and O–H groups in total. The van der Waals surface area contributed by atoms with E-state index < -0.39 is 5.97 Å². The number of nitrogens with zero attached hydrogens (tertiary/aromatic N) is 1. The monoisotopic (exact) mass is 389 g/mol. The van der Waals surface area contributed by atoms with E-state index in [1.807, 2.05) is 48.5 Å². The van der Waals surface area contributed by atoms with Crippen LogP contribution in [0.3, 0.4) is 0 Å². The first-order valence-corrected chi connectivity index (χ1v) is 9.92. The minimum absolute atomic E-state index is 0.222. The fraction of sp³-hybridized carbons (Fsp3) is 0.280. The highest BCUT2D eigenvalue weighted by Gasteiger charge is 2.37. The lowest BCUT2D eigenvalue weighted by atomic mass is 9.99. The zero-order valence-electron chi connectivity index (χ0n) is 17.7. The van der Waals surface area contributed by atoms with Crippen LogP contribution in [0.5, 0.6) is 0 Å². The van der Waals surface area contributed by atoms with Gasteiger partial charge < -0.3 is 4.74 Å². The molecule has 2 aromatic rings. The maximum atomic E-state index is 13.3. The van der Waals surface area contributed by atoms with Crippen molar-refractivity contribution in [1.82, 2.24) is 0 Å². The molecule has 0 saturated carbocycles. The predicted octanol–water partition coefficient (Wildman–Crippen LogP) is 5.25. The van der Waals surface area contributed by atoms with Crippen LogP contribution in [-0.4, -0.2) is 19.0 Å². The summed E-state index contributed by atoms with van der Waals surface area (Å²) in [5.74, 6) is -0.298. The number of ether oxygens (including phenoxy) is 1. The largest absolute Gasteiger partial charge is 0.465 e. The van der Waals surface area contributed by atoms with Gasteiger partial charge in [-0.05, 0) is 54.2 Å². The second-order valence-electron chi connectivity index (χ2n) is 7.49. The van der Waals surface area contributed by atoms with Crippen LogP contribution in [0, 0.1) is 0 Å². The Kier molecular flexibility index (Phi) is 6.02. The molecule has 3 rings (SSSR count). The van der Waals surface area contributed by atoms with Gasteiger partial charge in [0.2, 0.25) is 0 Å². The molecule has 150 valence electrons. The number of carbonyl (C=O) groups is 2. The minimum atomic E-state index is -0.506. The van der Waals surface area contributed by atoms with E-state index in [1.54, 1.807) is 17.9 Å². The molecule has 0 aliphatic carbocycles. The number of amides is 1. The van der Waals surface area contributed by atoms with E-state index in [0.717, 1.165) is 17.7 Å². The Balaban J connectivity index is 2.06. The van der Waals surface area contributed by atoms with E-state index in [4.69, 9.17) is 4.74 Å². The van der Waals surface area contributed by atoms with Crippen LogP contribution in [0.15, 0.2) is 65.4 Å². The molecule has 1 aliphatic heterocycles. The van der Waals surface area contributed by atoms with Crippen LogP contribution >= 0.6 is 0 Å². The standard InChI is InChI=1S/C25H27NO3/c1-6-18-9-13-21(14-10-18)26-17(4)23(25(28)29-5)22(24(26)27)15-19-7-11-20(12-8-19)16(2)3/h7-16H,6H2,1-5H3/b22-15-. The van der Waals surface area contributed by atoms with Gasteiger partial charge in [0.1, 0.15) is 0 Å². The molecule has 0 aromatic heterocycles. The molecule has 29 heavy (non-hydrogen) atoms. The van der Waals surface area contributed by atoms with Crippen LogP contribution in [0.2, 0.25) is 0 Å². The van der Waals surface area contributed by atoms with Gasteiger partial charge >= 0.3 is 5.97 Å². The number of rotatable bonds is 5. The van der Waals surface area contributed by atoms with Gasteiger partial charge in [-0.15, -0.1) is 0 Å². The SMILES string of the molecule is CCc1ccc(N2C(=O)/C(=C\c3ccc(C(C)C)cc3)C(C(=O)OC)=C2C)cc1. The lowest BCUT2D eigenvalue weighted by Gasteiger charge is -2.18. The van der Waals surface area contributed by atoms with Crippen molar-refractivity contribution in [3.8, 4) is 0 Å². The number of allylic oxidation sites excluding steroid dienone is 1. The Morgan fingerprint density at radius 2 is 1.69 bits per heavy atom. The van der Waals surface area contributed by atoms with Crippen molar-refractivity contribution in [2.24, 2.45) is 0 Å². The molecule has 4 nitrogen and oxygen atoms in total. The number of aryl methyl sites for hydroxylation is 1. The number of benzene rings is 2. The topological polar surface area (TPSA) is 46.6 Å². The number of carbonyl (C=O) groups excluding carboxylic acids is 2. The highest BCUT2D eigenvalue weighted by atomic mass is 16.5. The molecule has 1 aliphatic rings. The number of hydrogen-bond acceptors (Lipinski definition) is 3. The van der Waals surface area contributed by atoms with Crippen LogP contribution in [0.25, 0.3) is 6.08 Å². The van der Waals surface area contributed by atoms with Crippen molar-refractivity contribution in [1.29, 1.82) is 0 Å². The maximum absolute atomic E-state index is 13.3. The molecule has 1 heterocycles. The number of methoxy groups -OCH3 is 1. The minimum Gasteiger partial charge on any atom is -0.465 e. The van der Waals surface area contributed by atoms with Crippen molar-refractivity contribution in [3.63, 3.8) is 0 Å². The molecule has 0 atom stereocenters. The molecular formula is C25H27NO3. The molecule has 0 fully saturated rings. The van der Waals surface area contributed by atoms with Crippen molar-refractivity contribution in [2.75, 3.05) is 12.0 Å². The summed E-state index contributed by atoms with van der Waals surface area (Å²) in [4.78, 5) is 27.4. The lowest BCUT2D eigenvalue weighted by Crippen LogP contribution is -2.24. The average molecular weight is 389 g/mol. The van der Waals surface area contributed by atoms with E-state index in [-0.39, 0.29) is 5.91 Å². The van der Waals surface area contributed by atoms with Crippen LogP contribution in [-0.2, 0) is 20.7 Å². The van der Waals surface area contributed by atoms with Crippen molar-refractivity contribution < 1.29 is 14.3 Å². The zero-order chi connectivity index (χ0) is 21.1. The third kappa shape index (κ3) is 4.02. The van der Waals surface area contributed by atoms with Gasteiger partial charge in [-0.3, -0.25) is 9.69 Å². The van der Waals surface area contributed by atoms with Gasteiger partial charge in [-0.2, -0.15) is 0 Å². The summed E-state index contributed by atoms with van der Waals surface area (Å²) in [6.45, 7) is 8.14. The molecule has 0 radical (unpaired) electrons. The quantitative estimate of drug-likeness (QED) is 0.518. The van der Waals surface area contributed by atoms with E-state index in [9.17, 15) is 9.59 Å². The zero-order valence-corrected chi connectivity index (χ0v) is 17.7. The third-order valence-corrected chi connectivity index (χ3v) is 5.31. The number of anilines is 1. The maximum Gasteiger partial charge on any atom is 0.340 e. The second-order valence-corrected chi connectivity index (χ2v) is 7.49. The lowest BCUT2D eigenvalue weighted by molar-refractivity contribution is -0.136. The first kappa shape index (κ1) is 20.6. The first-order valence-electron chi connectivity index (χ1n) is 9.92. The Hall–Kier alpha value is -3.14. The fourth-order valence-corrected chi connectivity index (χ4v) is 3.52. The Morgan fingerprint density at radius 3 is 2.21 bits per heavy atom.